The lowest BCUT2D eigenvalue weighted by Gasteiger charge is -2.09. The summed E-state index contributed by atoms with van der Waals surface area (Å²) in [7, 11) is 0. The Morgan fingerprint density at radius 1 is 1.27 bits per heavy atom. The maximum Gasteiger partial charge on any atom is 0.167 e. The molecule has 4 nitrogen and oxygen atoms in total. The summed E-state index contributed by atoms with van der Waals surface area (Å²) in [6.45, 7) is 6.68. The molecule has 1 aromatic carbocycles. The summed E-state index contributed by atoms with van der Waals surface area (Å²) in [5.41, 5.74) is 3.77. The van der Waals surface area contributed by atoms with Gasteiger partial charge in [-0.05, 0) is 31.4 Å². The molecule has 1 atom stereocenters. The predicted octanol–water partition coefficient (Wildman–Crippen LogP) is 4.58. The molecule has 132 valence electrons. The van der Waals surface area contributed by atoms with Crippen molar-refractivity contribution in [3.63, 3.8) is 0 Å². The minimum Gasteiger partial charge on any atom is -0.366 e. The number of thiophene rings is 1. The zero-order valence-electron chi connectivity index (χ0n) is 15.2. The van der Waals surface area contributed by atoms with Crippen LogP contribution >= 0.6 is 11.3 Å². The minimum absolute atomic E-state index is 0.0782. The fourth-order valence-corrected chi connectivity index (χ4v) is 4.51. The molecule has 1 aliphatic heterocycles. The summed E-state index contributed by atoms with van der Waals surface area (Å²) in [6, 6.07) is 10.5. The quantitative estimate of drug-likeness (QED) is 0.626. The Labute approximate surface area is 157 Å². The van der Waals surface area contributed by atoms with Gasteiger partial charge in [0.15, 0.2) is 5.82 Å². The van der Waals surface area contributed by atoms with Gasteiger partial charge in [0.2, 0.25) is 0 Å². The van der Waals surface area contributed by atoms with Crippen molar-refractivity contribution in [1.82, 2.24) is 14.8 Å². The Morgan fingerprint density at radius 3 is 2.85 bits per heavy atom. The molecule has 4 rings (SSSR count). The Hall–Kier alpha value is -2.42. The maximum atomic E-state index is 6.10. The largest absolute Gasteiger partial charge is 0.366 e. The van der Waals surface area contributed by atoms with Crippen molar-refractivity contribution in [1.29, 1.82) is 0 Å². The van der Waals surface area contributed by atoms with Crippen LogP contribution < -0.4 is 0 Å². The average molecular weight is 363 g/mol. The van der Waals surface area contributed by atoms with Crippen LogP contribution in [0, 0.1) is 18.8 Å². The zero-order chi connectivity index (χ0) is 18.1. The van der Waals surface area contributed by atoms with E-state index in [1.165, 1.54) is 16.7 Å². The van der Waals surface area contributed by atoms with E-state index in [0.29, 0.717) is 6.61 Å². The molecule has 0 fully saturated rings. The van der Waals surface area contributed by atoms with Crippen molar-refractivity contribution in [2.75, 3.05) is 0 Å². The first-order chi connectivity index (χ1) is 12.7. The molecule has 0 saturated carbocycles. The zero-order valence-corrected chi connectivity index (χ0v) is 16.1. The molecule has 0 N–H and O–H groups in total. The number of nitrogens with zero attached hydrogens (tertiary/aromatic N) is 3. The standard InChI is InChI=1S/C21H21N3OS/c1-4-5-11-19-17(12-16-9-7-6-8-10-16)18-13-25-14(2)20-23-22-15(3)24(20)21(18)26-19/h6-10,14H,4,12-13H2,1-3H3/t14-/m0/s1. The van der Waals surface area contributed by atoms with Crippen LogP contribution in [0.5, 0.6) is 0 Å². The van der Waals surface area contributed by atoms with Gasteiger partial charge in [-0.25, -0.2) is 0 Å². The Morgan fingerprint density at radius 2 is 2.08 bits per heavy atom. The third kappa shape index (κ3) is 2.96. The molecule has 1 aliphatic rings. The first-order valence-electron chi connectivity index (χ1n) is 8.90. The highest BCUT2D eigenvalue weighted by atomic mass is 32.1. The van der Waals surface area contributed by atoms with Gasteiger partial charge in [0, 0.05) is 12.0 Å². The fraction of sp³-hybridized carbons (Fsp3) is 0.333. The normalized spacial score (nSPS) is 15.6. The lowest BCUT2D eigenvalue weighted by atomic mass is 10.0. The van der Waals surface area contributed by atoms with Gasteiger partial charge in [0.05, 0.1) is 11.5 Å². The molecule has 0 unspecified atom stereocenters. The lowest BCUT2D eigenvalue weighted by molar-refractivity contribution is 0.0493. The summed E-state index contributed by atoms with van der Waals surface area (Å²) >= 11 is 1.73. The maximum absolute atomic E-state index is 6.10. The van der Waals surface area contributed by atoms with Crippen LogP contribution in [0.1, 0.15) is 59.6 Å². The monoisotopic (exact) mass is 363 g/mol. The third-order valence-corrected chi connectivity index (χ3v) is 5.77. The highest BCUT2D eigenvalue weighted by Gasteiger charge is 2.28. The number of benzene rings is 1. The molecule has 5 heteroatoms. The van der Waals surface area contributed by atoms with Crippen molar-refractivity contribution in [3.8, 4) is 16.8 Å². The van der Waals surface area contributed by atoms with E-state index in [4.69, 9.17) is 4.74 Å². The van der Waals surface area contributed by atoms with Gasteiger partial charge < -0.3 is 4.74 Å². The molecule has 0 amide bonds. The highest BCUT2D eigenvalue weighted by Crippen LogP contribution is 2.39. The van der Waals surface area contributed by atoms with Crippen LogP contribution in [0.3, 0.4) is 0 Å². The van der Waals surface area contributed by atoms with E-state index >= 15 is 0 Å². The van der Waals surface area contributed by atoms with Gasteiger partial charge >= 0.3 is 0 Å². The van der Waals surface area contributed by atoms with Crippen molar-refractivity contribution in [2.24, 2.45) is 0 Å². The van der Waals surface area contributed by atoms with Gasteiger partial charge in [-0.2, -0.15) is 0 Å². The Bertz CT molecular complexity index is 992. The number of aryl methyl sites for hydroxylation is 1. The minimum atomic E-state index is -0.0782. The third-order valence-electron chi connectivity index (χ3n) is 4.59. The topological polar surface area (TPSA) is 39.9 Å². The molecule has 0 spiro atoms. The van der Waals surface area contributed by atoms with E-state index in [2.05, 4.69) is 57.8 Å². The number of rotatable bonds is 2. The van der Waals surface area contributed by atoms with Crippen LogP contribution in [0.4, 0.5) is 0 Å². The molecular weight excluding hydrogens is 342 g/mol. The summed E-state index contributed by atoms with van der Waals surface area (Å²) in [6.07, 6.45) is 1.62. The summed E-state index contributed by atoms with van der Waals surface area (Å²) in [5, 5.41) is 9.77. The summed E-state index contributed by atoms with van der Waals surface area (Å²) in [5.74, 6) is 8.36. The molecule has 3 heterocycles. The molecular formula is C21H21N3OS. The Kier molecular flexibility index (Phi) is 4.62. The second kappa shape index (κ2) is 7.06. The van der Waals surface area contributed by atoms with Gasteiger partial charge in [-0.15, -0.1) is 21.5 Å². The highest BCUT2D eigenvalue weighted by molar-refractivity contribution is 7.15. The number of ether oxygens (including phenoxy) is 1. The second-order valence-corrected chi connectivity index (χ2v) is 7.40. The number of hydrogen-bond donors (Lipinski definition) is 0. The summed E-state index contributed by atoms with van der Waals surface area (Å²) in [4.78, 5) is 1.12. The first kappa shape index (κ1) is 17.0. The van der Waals surface area contributed by atoms with Crippen molar-refractivity contribution in [3.05, 3.63) is 63.5 Å². The molecule has 0 bridgehead atoms. The number of aromatic nitrogens is 3. The van der Waals surface area contributed by atoms with E-state index in [1.54, 1.807) is 11.3 Å². The fourth-order valence-electron chi connectivity index (χ4n) is 3.25. The first-order valence-corrected chi connectivity index (χ1v) is 9.72. The average Bonchev–Trinajstić information content (AvgIpc) is 3.15. The molecule has 3 aromatic rings. The van der Waals surface area contributed by atoms with E-state index in [-0.39, 0.29) is 6.10 Å². The number of fused-ring (bicyclic) bond motifs is 3. The molecule has 0 saturated heterocycles. The Balaban J connectivity index is 1.90. The van der Waals surface area contributed by atoms with E-state index in [9.17, 15) is 0 Å². The van der Waals surface area contributed by atoms with Gasteiger partial charge in [0.25, 0.3) is 0 Å². The lowest BCUT2D eigenvalue weighted by Crippen LogP contribution is -2.04. The van der Waals surface area contributed by atoms with E-state index in [0.717, 1.165) is 34.4 Å². The van der Waals surface area contributed by atoms with Gasteiger partial charge in [-0.3, -0.25) is 4.57 Å². The van der Waals surface area contributed by atoms with Crippen molar-refractivity contribution in [2.45, 2.75) is 46.3 Å². The van der Waals surface area contributed by atoms with Crippen molar-refractivity contribution >= 4 is 11.3 Å². The number of hydrogen-bond acceptors (Lipinski definition) is 4. The molecule has 0 aliphatic carbocycles. The van der Waals surface area contributed by atoms with E-state index < -0.39 is 0 Å². The SMILES string of the molecule is CCC#Cc1sc2c(c1Cc1ccccc1)CO[C@@H](C)c1nnc(C)n1-2. The van der Waals surface area contributed by atoms with E-state index in [1.807, 2.05) is 19.9 Å². The summed E-state index contributed by atoms with van der Waals surface area (Å²) < 4.78 is 8.24. The van der Waals surface area contributed by atoms with Crippen LogP contribution in [0.25, 0.3) is 5.00 Å². The van der Waals surface area contributed by atoms with Crippen LogP contribution in [0.2, 0.25) is 0 Å². The van der Waals surface area contributed by atoms with Crippen LogP contribution in [-0.4, -0.2) is 14.8 Å². The molecule has 0 radical (unpaired) electrons. The van der Waals surface area contributed by atoms with Gasteiger partial charge in [0.1, 0.15) is 16.9 Å². The van der Waals surface area contributed by atoms with Gasteiger partial charge in [-0.1, -0.05) is 49.1 Å². The second-order valence-electron chi connectivity index (χ2n) is 6.41. The molecule has 26 heavy (non-hydrogen) atoms. The molecule has 2 aromatic heterocycles. The smallest absolute Gasteiger partial charge is 0.167 e. The van der Waals surface area contributed by atoms with Crippen molar-refractivity contribution < 1.29 is 4.74 Å². The predicted molar refractivity (Wildman–Crippen MR) is 104 cm³/mol. The van der Waals surface area contributed by atoms with Crippen LogP contribution in [-0.2, 0) is 17.8 Å². The van der Waals surface area contributed by atoms with Crippen LogP contribution in [0.15, 0.2) is 30.3 Å².